The molecule has 1 amide bonds. The standard InChI is InChI=1S/C10H14N4O3/c1-12-8(15)5-14(2)9-7(10(16)17)3-6(11)4-13-9/h3-4H,5,11H2,1-2H3,(H,12,15)(H,16,17). The number of hydrogen-bond donors (Lipinski definition) is 3. The minimum Gasteiger partial charge on any atom is -0.478 e. The van der Waals surface area contributed by atoms with Gasteiger partial charge in [-0.1, -0.05) is 0 Å². The summed E-state index contributed by atoms with van der Waals surface area (Å²) < 4.78 is 0. The molecule has 1 heterocycles. The number of carbonyl (C=O) groups excluding carboxylic acids is 1. The van der Waals surface area contributed by atoms with E-state index in [1.165, 1.54) is 24.2 Å². The lowest BCUT2D eigenvalue weighted by Gasteiger charge is -2.18. The number of nitrogen functional groups attached to an aromatic ring is 1. The molecule has 0 spiro atoms. The number of nitrogens with one attached hydrogen (secondary N) is 1. The summed E-state index contributed by atoms with van der Waals surface area (Å²) in [6.45, 7) is 0.0215. The van der Waals surface area contributed by atoms with Gasteiger partial charge in [0, 0.05) is 14.1 Å². The molecule has 0 atom stereocenters. The number of rotatable bonds is 4. The molecule has 0 aliphatic carbocycles. The van der Waals surface area contributed by atoms with Crippen LogP contribution in [0.4, 0.5) is 11.5 Å². The molecule has 17 heavy (non-hydrogen) atoms. The first-order valence-corrected chi connectivity index (χ1v) is 4.86. The molecule has 0 bridgehead atoms. The average molecular weight is 238 g/mol. The van der Waals surface area contributed by atoms with E-state index >= 15 is 0 Å². The zero-order chi connectivity index (χ0) is 13.0. The monoisotopic (exact) mass is 238 g/mol. The molecule has 1 rings (SSSR count). The molecule has 7 nitrogen and oxygen atoms in total. The number of nitrogens with two attached hydrogens (primary N) is 1. The van der Waals surface area contributed by atoms with Crippen LogP contribution in [0.15, 0.2) is 12.3 Å². The van der Waals surface area contributed by atoms with E-state index in [-0.39, 0.29) is 29.5 Å². The first kappa shape index (κ1) is 12.8. The Hall–Kier alpha value is -2.31. The number of amides is 1. The van der Waals surface area contributed by atoms with Crippen molar-refractivity contribution in [3.05, 3.63) is 17.8 Å². The minimum absolute atomic E-state index is 0.0215. The van der Waals surface area contributed by atoms with Gasteiger partial charge in [-0.25, -0.2) is 9.78 Å². The molecule has 92 valence electrons. The minimum atomic E-state index is -1.14. The highest BCUT2D eigenvalue weighted by Gasteiger charge is 2.17. The quantitative estimate of drug-likeness (QED) is 0.655. The van der Waals surface area contributed by atoms with Gasteiger partial charge in [0.1, 0.15) is 11.4 Å². The van der Waals surface area contributed by atoms with Crippen LogP contribution in [-0.4, -0.2) is 42.6 Å². The molecule has 7 heteroatoms. The zero-order valence-electron chi connectivity index (χ0n) is 9.60. The largest absolute Gasteiger partial charge is 0.478 e. The van der Waals surface area contributed by atoms with Crippen molar-refractivity contribution >= 4 is 23.4 Å². The van der Waals surface area contributed by atoms with Gasteiger partial charge in [0.15, 0.2) is 0 Å². The van der Waals surface area contributed by atoms with E-state index in [2.05, 4.69) is 10.3 Å². The molecule has 0 radical (unpaired) electrons. The van der Waals surface area contributed by atoms with Crippen LogP contribution >= 0.6 is 0 Å². The fourth-order valence-corrected chi connectivity index (χ4v) is 1.30. The van der Waals surface area contributed by atoms with Crippen LogP contribution < -0.4 is 16.0 Å². The number of nitrogens with zero attached hydrogens (tertiary/aromatic N) is 2. The summed E-state index contributed by atoms with van der Waals surface area (Å²) in [6, 6.07) is 1.31. The number of carboxylic acids is 1. The second kappa shape index (κ2) is 5.15. The molecule has 0 aliphatic rings. The van der Waals surface area contributed by atoms with Crippen LogP contribution in [0.1, 0.15) is 10.4 Å². The smallest absolute Gasteiger partial charge is 0.339 e. The van der Waals surface area contributed by atoms with Gasteiger partial charge in [-0.05, 0) is 6.07 Å². The maximum Gasteiger partial charge on any atom is 0.339 e. The van der Waals surface area contributed by atoms with Crippen molar-refractivity contribution in [1.82, 2.24) is 10.3 Å². The summed E-state index contributed by atoms with van der Waals surface area (Å²) >= 11 is 0. The third-order valence-corrected chi connectivity index (χ3v) is 2.14. The van der Waals surface area contributed by atoms with Gasteiger partial charge in [0.2, 0.25) is 5.91 Å². The van der Waals surface area contributed by atoms with Crippen LogP contribution in [0.3, 0.4) is 0 Å². The van der Waals surface area contributed by atoms with Gasteiger partial charge in [-0.15, -0.1) is 0 Å². The zero-order valence-corrected chi connectivity index (χ0v) is 9.60. The molecule has 0 saturated heterocycles. The predicted molar refractivity (Wildman–Crippen MR) is 62.9 cm³/mol. The fourth-order valence-electron chi connectivity index (χ4n) is 1.30. The lowest BCUT2D eigenvalue weighted by molar-refractivity contribution is -0.119. The lowest BCUT2D eigenvalue weighted by Crippen LogP contribution is -2.34. The number of hydrogen-bond acceptors (Lipinski definition) is 5. The second-order valence-corrected chi connectivity index (χ2v) is 3.47. The highest BCUT2D eigenvalue weighted by molar-refractivity contribution is 5.95. The molecule has 4 N–H and O–H groups in total. The Morgan fingerprint density at radius 1 is 1.59 bits per heavy atom. The van der Waals surface area contributed by atoms with Crippen molar-refractivity contribution in [2.75, 3.05) is 31.3 Å². The van der Waals surface area contributed by atoms with Gasteiger partial charge >= 0.3 is 5.97 Å². The van der Waals surface area contributed by atoms with Crippen LogP contribution in [0.2, 0.25) is 0 Å². The first-order chi connectivity index (χ1) is 7.95. The molecule has 0 fully saturated rings. The number of aromatic carboxylic acids is 1. The van der Waals surface area contributed by atoms with Crippen molar-refractivity contribution in [3.8, 4) is 0 Å². The van der Waals surface area contributed by atoms with Crippen LogP contribution in [0.5, 0.6) is 0 Å². The summed E-state index contributed by atoms with van der Waals surface area (Å²) in [5.74, 6) is -1.17. The summed E-state index contributed by atoms with van der Waals surface area (Å²) in [4.78, 5) is 27.6. The first-order valence-electron chi connectivity index (χ1n) is 4.86. The number of aromatic nitrogens is 1. The Morgan fingerprint density at radius 3 is 2.76 bits per heavy atom. The molecule has 0 aromatic carbocycles. The number of anilines is 2. The Morgan fingerprint density at radius 2 is 2.24 bits per heavy atom. The van der Waals surface area contributed by atoms with Gasteiger partial charge in [0.25, 0.3) is 0 Å². The predicted octanol–water partition coefficient (Wildman–Crippen LogP) is -0.456. The van der Waals surface area contributed by atoms with E-state index in [0.29, 0.717) is 0 Å². The van der Waals surface area contributed by atoms with Gasteiger partial charge in [-0.3, -0.25) is 4.79 Å². The third-order valence-electron chi connectivity index (χ3n) is 2.14. The number of carboxylic acid groups (broad SMARTS) is 1. The normalized spacial score (nSPS) is 9.76. The van der Waals surface area contributed by atoms with Crippen LogP contribution in [-0.2, 0) is 4.79 Å². The third kappa shape index (κ3) is 3.07. The Kier molecular flexibility index (Phi) is 3.86. The fraction of sp³-hybridized carbons (Fsp3) is 0.300. The molecular formula is C10H14N4O3. The second-order valence-electron chi connectivity index (χ2n) is 3.47. The van der Waals surface area contributed by atoms with E-state index in [1.54, 1.807) is 7.05 Å². The van der Waals surface area contributed by atoms with Crippen molar-refractivity contribution in [1.29, 1.82) is 0 Å². The van der Waals surface area contributed by atoms with Crippen molar-refractivity contribution in [2.24, 2.45) is 0 Å². The van der Waals surface area contributed by atoms with E-state index in [4.69, 9.17) is 10.8 Å². The maximum atomic E-state index is 11.2. The van der Waals surface area contributed by atoms with E-state index in [1.807, 2.05) is 0 Å². The summed E-state index contributed by atoms with van der Waals surface area (Å²) in [7, 11) is 3.09. The van der Waals surface area contributed by atoms with E-state index in [0.717, 1.165) is 0 Å². The highest BCUT2D eigenvalue weighted by atomic mass is 16.4. The summed E-state index contributed by atoms with van der Waals surface area (Å²) in [5, 5.41) is 11.5. The molecular weight excluding hydrogens is 224 g/mol. The Bertz CT molecular complexity index is 447. The topological polar surface area (TPSA) is 109 Å². The molecule has 0 saturated carbocycles. The summed E-state index contributed by atoms with van der Waals surface area (Å²) in [6.07, 6.45) is 1.35. The SMILES string of the molecule is CNC(=O)CN(C)c1ncc(N)cc1C(=O)O. The number of carbonyl (C=O) groups is 2. The van der Waals surface area contributed by atoms with Crippen molar-refractivity contribution < 1.29 is 14.7 Å². The molecule has 0 aliphatic heterocycles. The van der Waals surface area contributed by atoms with Crippen LogP contribution in [0.25, 0.3) is 0 Å². The number of pyridine rings is 1. The highest BCUT2D eigenvalue weighted by Crippen LogP contribution is 2.18. The van der Waals surface area contributed by atoms with E-state index < -0.39 is 5.97 Å². The molecule has 0 unspecified atom stereocenters. The van der Waals surface area contributed by atoms with Gasteiger partial charge < -0.3 is 21.1 Å². The lowest BCUT2D eigenvalue weighted by atomic mass is 10.2. The van der Waals surface area contributed by atoms with Gasteiger partial charge in [0.05, 0.1) is 18.4 Å². The molecule has 1 aromatic rings. The average Bonchev–Trinajstić information content (AvgIpc) is 2.28. The Balaban J connectivity index is 3.04. The van der Waals surface area contributed by atoms with E-state index in [9.17, 15) is 9.59 Å². The summed E-state index contributed by atoms with van der Waals surface area (Å²) in [5.41, 5.74) is 5.70. The molecule has 1 aromatic heterocycles. The van der Waals surface area contributed by atoms with Crippen LogP contribution in [0, 0.1) is 0 Å². The number of likely N-dealkylation sites (N-methyl/N-ethyl adjacent to an activating group) is 2. The van der Waals surface area contributed by atoms with Crippen molar-refractivity contribution in [2.45, 2.75) is 0 Å². The Labute approximate surface area is 98.2 Å². The van der Waals surface area contributed by atoms with Crippen molar-refractivity contribution in [3.63, 3.8) is 0 Å². The van der Waals surface area contributed by atoms with Gasteiger partial charge in [-0.2, -0.15) is 0 Å². The maximum absolute atomic E-state index is 11.2.